The molecule has 0 spiro atoms. The Morgan fingerprint density at radius 2 is 2.03 bits per heavy atom. The second kappa shape index (κ2) is 9.37. The van der Waals surface area contributed by atoms with E-state index >= 15 is 0 Å². The van der Waals surface area contributed by atoms with Gasteiger partial charge in [-0.05, 0) is 25.7 Å². The number of allylic oxidation sites excluding steroid dienone is 2. The van der Waals surface area contributed by atoms with Crippen molar-refractivity contribution in [3.63, 3.8) is 0 Å². The zero-order chi connectivity index (χ0) is 25.6. The van der Waals surface area contributed by atoms with E-state index < -0.39 is 29.2 Å². The quantitative estimate of drug-likeness (QED) is 0.221. The zero-order valence-electron chi connectivity index (χ0n) is 19.9. The molecule has 3 aliphatic heterocycles. The third kappa shape index (κ3) is 4.31. The maximum absolute atomic E-state index is 13.1. The molecule has 1 aromatic heterocycles. The molecule has 2 amide bonds. The molecule has 1 saturated carbocycles. The lowest BCUT2D eigenvalue weighted by molar-refractivity contribution is -0.799. The Morgan fingerprint density at radius 1 is 1.33 bits per heavy atom. The Hall–Kier alpha value is -3.16. The number of thioether (sulfide) groups is 1. The summed E-state index contributed by atoms with van der Waals surface area (Å²) in [5.41, 5.74) is 8.97. The van der Waals surface area contributed by atoms with Gasteiger partial charge in [-0.15, -0.1) is 23.1 Å². The molecule has 2 fully saturated rings. The van der Waals surface area contributed by atoms with Crippen LogP contribution in [0, 0.1) is 0 Å². The van der Waals surface area contributed by atoms with Gasteiger partial charge in [0.25, 0.3) is 11.8 Å². The number of β-lactam (4-membered cyclic amide) rings is 1. The highest BCUT2D eigenvalue weighted by Crippen LogP contribution is 2.42. The lowest BCUT2D eigenvalue weighted by Crippen LogP contribution is -2.71. The molecule has 1 aromatic rings. The molecule has 4 aliphatic rings. The first kappa shape index (κ1) is 24.5. The number of quaternary nitrogens is 1. The molecule has 3 N–H and O–H groups in total. The van der Waals surface area contributed by atoms with Gasteiger partial charge >= 0.3 is 0 Å². The Morgan fingerprint density at radius 3 is 2.61 bits per heavy atom. The van der Waals surface area contributed by atoms with Gasteiger partial charge in [0.1, 0.15) is 43.2 Å². The van der Waals surface area contributed by atoms with Crippen LogP contribution in [0.2, 0.25) is 0 Å². The summed E-state index contributed by atoms with van der Waals surface area (Å²) in [6.45, 7) is 0.437. The number of anilines is 1. The van der Waals surface area contributed by atoms with E-state index in [4.69, 9.17) is 10.6 Å². The number of amides is 2. The summed E-state index contributed by atoms with van der Waals surface area (Å²) in [4.78, 5) is 48.2. The number of carboxylic acid groups (broad SMARTS) is 1. The van der Waals surface area contributed by atoms with Gasteiger partial charge in [0.15, 0.2) is 10.8 Å². The molecular weight excluding hydrogens is 504 g/mol. The highest BCUT2D eigenvalue weighted by molar-refractivity contribution is 8.00. The predicted octanol–water partition coefficient (Wildman–Crippen LogP) is 0.282. The van der Waals surface area contributed by atoms with E-state index in [0.717, 1.165) is 37.0 Å². The highest BCUT2D eigenvalue weighted by Gasteiger charge is 2.53. The summed E-state index contributed by atoms with van der Waals surface area (Å²) in [5, 5.41) is 19.8. The number of nitrogens with two attached hydrogens (primary N) is 1. The number of fused-ring (bicyclic) bond motifs is 2. The van der Waals surface area contributed by atoms with Crippen molar-refractivity contribution < 1.29 is 28.8 Å². The van der Waals surface area contributed by atoms with Crippen molar-refractivity contribution in [2.75, 3.05) is 32.2 Å². The number of nitrogens with zero attached hydrogens (tertiary/aromatic N) is 4. The molecule has 5 rings (SSSR count). The van der Waals surface area contributed by atoms with Gasteiger partial charge in [-0.3, -0.25) is 19.0 Å². The highest BCUT2D eigenvalue weighted by atomic mass is 32.2. The van der Waals surface area contributed by atoms with Crippen LogP contribution in [0.5, 0.6) is 0 Å². The van der Waals surface area contributed by atoms with E-state index in [1.165, 1.54) is 34.9 Å². The standard InChI is InChI=1S/C23H26N6O5S2/c1-29(7-12-5-3-4-6-13(12)8-29)9-14-10-35-21-17(20(31)28(21)18(14)22(32)33)26-19(30)16(27-34-2)15-11-36-23(24)25-15/h7-8,11,17,21H,3-6,9-10H2,1-2H3,(H3-,24,25,26,30,32,33)/b27-16-/t17-,21-/m1/s1. The van der Waals surface area contributed by atoms with Gasteiger partial charge in [-0.2, -0.15) is 0 Å². The molecule has 1 saturated heterocycles. The van der Waals surface area contributed by atoms with E-state index in [0.29, 0.717) is 22.4 Å². The average molecular weight is 531 g/mol. The number of carbonyl (C=O) groups excluding carboxylic acids is 3. The molecule has 0 aromatic carbocycles. The first-order valence-electron chi connectivity index (χ1n) is 11.5. The minimum absolute atomic E-state index is 0.0988. The van der Waals surface area contributed by atoms with Crippen LogP contribution in [0.3, 0.4) is 0 Å². The molecule has 36 heavy (non-hydrogen) atoms. The number of hydrogen-bond acceptors (Lipinski definition) is 10. The maximum Gasteiger partial charge on any atom is 0.276 e. The molecule has 2 atom stereocenters. The number of aromatic nitrogens is 1. The molecule has 13 heteroatoms. The predicted molar refractivity (Wildman–Crippen MR) is 133 cm³/mol. The summed E-state index contributed by atoms with van der Waals surface area (Å²) in [6.07, 6.45) is 8.78. The van der Waals surface area contributed by atoms with Crippen LogP contribution in [0.25, 0.3) is 0 Å². The number of oxime groups is 1. The number of hydrogen-bond donors (Lipinski definition) is 2. The molecule has 0 unspecified atom stereocenters. The van der Waals surface area contributed by atoms with Crippen LogP contribution >= 0.6 is 23.1 Å². The normalized spacial score (nSPS) is 24.9. The van der Waals surface area contributed by atoms with E-state index in [1.54, 1.807) is 5.38 Å². The van der Waals surface area contributed by atoms with Crippen molar-refractivity contribution in [2.45, 2.75) is 37.1 Å². The van der Waals surface area contributed by atoms with Crippen molar-refractivity contribution >= 4 is 51.7 Å². The third-order valence-electron chi connectivity index (χ3n) is 6.68. The van der Waals surface area contributed by atoms with Crippen molar-refractivity contribution in [1.82, 2.24) is 15.2 Å². The largest absolute Gasteiger partial charge is 0.543 e. The average Bonchev–Trinajstić information content (AvgIpc) is 3.42. The Bertz CT molecular complexity index is 1240. The Balaban J connectivity index is 1.34. The van der Waals surface area contributed by atoms with Crippen LogP contribution in [0.1, 0.15) is 31.4 Å². The van der Waals surface area contributed by atoms with E-state index in [9.17, 15) is 19.5 Å². The van der Waals surface area contributed by atoms with Crippen LogP contribution < -0.4 is 16.2 Å². The molecule has 11 nitrogen and oxygen atoms in total. The van der Waals surface area contributed by atoms with Crippen LogP contribution in [0.15, 0.2) is 45.4 Å². The number of likely N-dealkylation sites (N-methyl/N-ethyl adjacent to an activating group) is 1. The second-order valence-corrected chi connectivity index (χ2v) is 11.3. The summed E-state index contributed by atoms with van der Waals surface area (Å²) in [5.74, 6) is -2.16. The summed E-state index contributed by atoms with van der Waals surface area (Å²) < 4.78 is 0.470. The van der Waals surface area contributed by atoms with Crippen LogP contribution in [-0.2, 0) is 19.2 Å². The molecule has 190 valence electrons. The fraction of sp³-hybridized carbons (Fsp3) is 0.435. The molecule has 1 aliphatic carbocycles. The van der Waals surface area contributed by atoms with Crippen LogP contribution in [0.4, 0.5) is 5.13 Å². The number of rotatable bonds is 7. The van der Waals surface area contributed by atoms with Crippen molar-refractivity contribution in [2.24, 2.45) is 5.16 Å². The fourth-order valence-corrected chi connectivity index (χ4v) is 7.08. The molecular formula is C23H26N6O5S2. The summed E-state index contributed by atoms with van der Waals surface area (Å²) in [7, 11) is 3.33. The van der Waals surface area contributed by atoms with E-state index in [1.807, 2.05) is 7.05 Å². The van der Waals surface area contributed by atoms with Gasteiger partial charge in [-0.1, -0.05) is 5.16 Å². The molecule has 0 bridgehead atoms. The number of carboxylic acids is 1. The lowest BCUT2D eigenvalue weighted by atomic mass is 9.92. The summed E-state index contributed by atoms with van der Waals surface area (Å²) >= 11 is 2.55. The number of nitrogens with one attached hydrogen (secondary N) is 1. The SMILES string of the molecule is CO/N=C(\C(=O)N[C@@H]1C(=O)N2C(C(=O)[O-])=C(C[N+]3(C)C=C4CCCCC4=C3)CS[C@H]12)c1csc(N)n1. The van der Waals surface area contributed by atoms with Gasteiger partial charge in [0.05, 0.1) is 18.7 Å². The Labute approximate surface area is 215 Å². The number of carbonyl (C=O) groups is 3. The molecule has 4 heterocycles. The van der Waals surface area contributed by atoms with Gasteiger partial charge in [0.2, 0.25) is 0 Å². The second-order valence-electron chi connectivity index (χ2n) is 9.31. The van der Waals surface area contributed by atoms with Gasteiger partial charge < -0.3 is 25.8 Å². The van der Waals surface area contributed by atoms with E-state index in [-0.39, 0.29) is 22.2 Å². The van der Waals surface area contributed by atoms with Crippen molar-refractivity contribution in [1.29, 1.82) is 0 Å². The first-order chi connectivity index (χ1) is 17.2. The lowest BCUT2D eigenvalue weighted by Gasteiger charge is -2.51. The molecule has 0 radical (unpaired) electrons. The summed E-state index contributed by atoms with van der Waals surface area (Å²) in [6, 6.07) is -0.917. The monoisotopic (exact) mass is 530 g/mol. The third-order valence-corrected chi connectivity index (χ3v) is 8.69. The fourth-order valence-electron chi connectivity index (χ4n) is 5.19. The van der Waals surface area contributed by atoms with Crippen molar-refractivity contribution in [3.05, 3.63) is 45.9 Å². The zero-order valence-corrected chi connectivity index (χ0v) is 21.5. The van der Waals surface area contributed by atoms with Crippen LogP contribution in [-0.4, -0.2) is 75.7 Å². The van der Waals surface area contributed by atoms with Gasteiger partial charge in [-0.25, -0.2) is 4.98 Å². The number of aliphatic carboxylic acids is 1. The van der Waals surface area contributed by atoms with E-state index in [2.05, 4.69) is 27.9 Å². The smallest absolute Gasteiger partial charge is 0.276 e. The topological polar surface area (TPSA) is 150 Å². The van der Waals surface area contributed by atoms with Gasteiger partial charge in [0, 0.05) is 27.9 Å². The first-order valence-corrected chi connectivity index (χ1v) is 13.4. The van der Waals surface area contributed by atoms with Crippen molar-refractivity contribution in [3.8, 4) is 0 Å². The maximum atomic E-state index is 13.1. The number of nitrogen functional groups attached to an aromatic ring is 1. The minimum Gasteiger partial charge on any atom is -0.543 e. The number of thiazole rings is 1. The Kier molecular flexibility index (Phi) is 6.39. The minimum atomic E-state index is -1.39.